The number of anilines is 2. The summed E-state index contributed by atoms with van der Waals surface area (Å²) in [6.45, 7) is 3.42. The molecule has 0 atom stereocenters. The highest BCUT2D eigenvalue weighted by Crippen LogP contribution is 2.30. The van der Waals surface area contributed by atoms with E-state index in [2.05, 4.69) is 15.6 Å². The molecule has 0 fully saturated rings. The molecule has 0 bridgehead atoms. The average Bonchev–Trinajstić information content (AvgIpc) is 3.21. The highest BCUT2D eigenvalue weighted by Gasteiger charge is 2.15. The lowest BCUT2D eigenvalue weighted by atomic mass is 10.1. The van der Waals surface area contributed by atoms with Gasteiger partial charge in [-0.3, -0.25) is 19.0 Å². The van der Waals surface area contributed by atoms with E-state index >= 15 is 0 Å². The Morgan fingerprint density at radius 2 is 1.88 bits per heavy atom. The number of nitrogens with one attached hydrogen (secondary N) is 2. The molecule has 0 saturated heterocycles. The zero-order valence-corrected chi connectivity index (χ0v) is 18.8. The van der Waals surface area contributed by atoms with Crippen molar-refractivity contribution in [1.29, 1.82) is 0 Å². The molecule has 2 N–H and O–H groups in total. The Kier molecular flexibility index (Phi) is 6.32. The highest BCUT2D eigenvalue weighted by atomic mass is 32.1. The van der Waals surface area contributed by atoms with Crippen molar-refractivity contribution in [1.82, 2.24) is 9.55 Å². The first-order valence-electron chi connectivity index (χ1n) is 10.2. The summed E-state index contributed by atoms with van der Waals surface area (Å²) >= 11 is 1.39. The molecule has 0 aliphatic heterocycles. The molecule has 2 aromatic carbocycles. The highest BCUT2D eigenvalue weighted by molar-refractivity contribution is 7.17. The molecular weight excluding hydrogens is 443 g/mol. The van der Waals surface area contributed by atoms with Crippen LogP contribution < -0.4 is 16.2 Å². The fraction of sp³-hybridized carbons (Fsp3) is 0.167. The molecule has 0 spiro atoms. The summed E-state index contributed by atoms with van der Waals surface area (Å²) in [5, 5.41) is 7.45. The van der Waals surface area contributed by atoms with E-state index in [-0.39, 0.29) is 30.1 Å². The van der Waals surface area contributed by atoms with Crippen molar-refractivity contribution < 1.29 is 14.0 Å². The first kappa shape index (κ1) is 22.3. The van der Waals surface area contributed by atoms with Gasteiger partial charge in [0.1, 0.15) is 10.6 Å². The Morgan fingerprint density at radius 1 is 1.12 bits per heavy atom. The molecular formula is C24H21FN4O3S. The van der Waals surface area contributed by atoms with Crippen LogP contribution in [0.3, 0.4) is 0 Å². The van der Waals surface area contributed by atoms with E-state index in [0.717, 1.165) is 22.8 Å². The second-order valence-electron chi connectivity index (χ2n) is 7.61. The van der Waals surface area contributed by atoms with Crippen LogP contribution in [-0.4, -0.2) is 21.4 Å². The molecule has 7 nitrogen and oxygen atoms in total. The summed E-state index contributed by atoms with van der Waals surface area (Å²) in [6, 6.07) is 11.8. The van der Waals surface area contributed by atoms with Gasteiger partial charge in [0.25, 0.3) is 5.56 Å². The minimum Gasteiger partial charge on any atom is -0.326 e. The molecule has 4 rings (SSSR count). The molecule has 2 heterocycles. The lowest BCUT2D eigenvalue weighted by molar-refractivity contribution is -0.116. The first-order valence-corrected chi connectivity index (χ1v) is 11.1. The zero-order chi connectivity index (χ0) is 23.5. The predicted octanol–water partition coefficient (Wildman–Crippen LogP) is 4.56. The van der Waals surface area contributed by atoms with Crippen LogP contribution in [-0.2, 0) is 16.1 Å². The SMILES string of the molecule is CC(=O)Nc1ccc(F)c(NC(=O)CCn2cnc3scc(-c4ccc(C)cc4)c3c2=O)c1. The van der Waals surface area contributed by atoms with Gasteiger partial charge >= 0.3 is 0 Å². The standard InChI is InChI=1S/C24H21FN4O3S/c1-14-3-5-16(6-4-14)18-12-33-23-22(18)24(32)29(13-26-23)10-9-21(31)28-20-11-17(27-15(2)30)7-8-19(20)25/h3-8,11-13H,9-10H2,1-2H3,(H,27,30)(H,28,31). The number of carbonyl (C=O) groups excluding carboxylic acids is 2. The Labute approximate surface area is 192 Å². The quantitative estimate of drug-likeness (QED) is 0.438. The molecule has 2 aromatic heterocycles. The summed E-state index contributed by atoms with van der Waals surface area (Å²) in [7, 11) is 0. The van der Waals surface area contributed by atoms with E-state index in [4.69, 9.17) is 0 Å². The molecule has 33 heavy (non-hydrogen) atoms. The number of aryl methyl sites for hydroxylation is 2. The maximum atomic E-state index is 14.1. The number of hydrogen-bond donors (Lipinski definition) is 2. The Bertz CT molecular complexity index is 1410. The van der Waals surface area contributed by atoms with Gasteiger partial charge in [-0.2, -0.15) is 0 Å². The second kappa shape index (κ2) is 9.33. The van der Waals surface area contributed by atoms with Crippen LogP contribution >= 0.6 is 11.3 Å². The van der Waals surface area contributed by atoms with Crippen molar-refractivity contribution in [2.24, 2.45) is 0 Å². The summed E-state index contributed by atoms with van der Waals surface area (Å²) in [5.74, 6) is -1.40. The molecule has 2 amide bonds. The van der Waals surface area contributed by atoms with E-state index in [1.165, 1.54) is 41.3 Å². The third kappa shape index (κ3) is 4.98. The number of aromatic nitrogens is 2. The van der Waals surface area contributed by atoms with Crippen molar-refractivity contribution in [2.75, 3.05) is 10.6 Å². The molecule has 168 valence electrons. The van der Waals surface area contributed by atoms with Crippen molar-refractivity contribution in [3.63, 3.8) is 0 Å². The van der Waals surface area contributed by atoms with Gasteiger partial charge in [0.2, 0.25) is 11.8 Å². The van der Waals surface area contributed by atoms with Gasteiger partial charge in [-0.1, -0.05) is 29.8 Å². The largest absolute Gasteiger partial charge is 0.326 e. The normalized spacial score (nSPS) is 10.9. The lowest BCUT2D eigenvalue weighted by Gasteiger charge is -2.10. The van der Waals surface area contributed by atoms with Crippen LogP contribution in [0.1, 0.15) is 18.9 Å². The van der Waals surface area contributed by atoms with E-state index in [0.29, 0.717) is 15.9 Å². The summed E-state index contributed by atoms with van der Waals surface area (Å²) < 4.78 is 15.5. The Morgan fingerprint density at radius 3 is 2.61 bits per heavy atom. The minimum atomic E-state index is -0.626. The van der Waals surface area contributed by atoms with Crippen molar-refractivity contribution in [3.05, 3.63) is 75.9 Å². The van der Waals surface area contributed by atoms with E-state index in [1.54, 1.807) is 0 Å². The number of fused-ring (bicyclic) bond motifs is 1. The monoisotopic (exact) mass is 464 g/mol. The molecule has 0 radical (unpaired) electrons. The van der Waals surface area contributed by atoms with Gasteiger partial charge in [0.05, 0.1) is 17.4 Å². The van der Waals surface area contributed by atoms with Crippen LogP contribution in [0.4, 0.5) is 15.8 Å². The third-order valence-corrected chi connectivity index (χ3v) is 5.95. The lowest BCUT2D eigenvalue weighted by Crippen LogP contribution is -2.23. The van der Waals surface area contributed by atoms with E-state index in [9.17, 15) is 18.8 Å². The summed E-state index contributed by atoms with van der Waals surface area (Å²) in [5.41, 5.74) is 2.94. The van der Waals surface area contributed by atoms with Gasteiger partial charge < -0.3 is 10.6 Å². The molecule has 9 heteroatoms. The van der Waals surface area contributed by atoms with Crippen LogP contribution in [0.5, 0.6) is 0 Å². The molecule has 0 saturated carbocycles. The average molecular weight is 465 g/mol. The Balaban J connectivity index is 1.52. The number of nitrogens with zero attached hydrogens (tertiary/aromatic N) is 2. The fourth-order valence-electron chi connectivity index (χ4n) is 3.41. The van der Waals surface area contributed by atoms with E-state index in [1.807, 2.05) is 36.6 Å². The second-order valence-corrected chi connectivity index (χ2v) is 8.47. The van der Waals surface area contributed by atoms with Gasteiger partial charge in [0.15, 0.2) is 0 Å². The smallest absolute Gasteiger partial charge is 0.262 e. The summed E-state index contributed by atoms with van der Waals surface area (Å²) in [6.07, 6.45) is 1.37. The van der Waals surface area contributed by atoms with Crippen molar-refractivity contribution in [2.45, 2.75) is 26.8 Å². The molecule has 4 aromatic rings. The first-order chi connectivity index (χ1) is 15.8. The number of thiophene rings is 1. The summed E-state index contributed by atoms with van der Waals surface area (Å²) in [4.78, 5) is 41.7. The number of rotatable bonds is 6. The van der Waals surface area contributed by atoms with Crippen molar-refractivity contribution >= 4 is 44.7 Å². The number of hydrogen-bond acceptors (Lipinski definition) is 5. The van der Waals surface area contributed by atoms with Gasteiger partial charge in [-0.15, -0.1) is 11.3 Å². The zero-order valence-electron chi connectivity index (χ0n) is 18.0. The maximum absolute atomic E-state index is 14.1. The topological polar surface area (TPSA) is 93.1 Å². The number of benzene rings is 2. The fourth-order valence-corrected chi connectivity index (χ4v) is 4.32. The van der Waals surface area contributed by atoms with Gasteiger partial charge in [0, 0.05) is 36.5 Å². The minimum absolute atomic E-state index is 0.0494. The molecule has 0 aliphatic carbocycles. The Hall–Kier alpha value is -3.85. The maximum Gasteiger partial charge on any atom is 0.262 e. The van der Waals surface area contributed by atoms with Crippen LogP contribution in [0.2, 0.25) is 0 Å². The third-order valence-electron chi connectivity index (χ3n) is 5.06. The van der Waals surface area contributed by atoms with Crippen LogP contribution in [0, 0.1) is 12.7 Å². The molecule has 0 aliphatic rings. The van der Waals surface area contributed by atoms with Gasteiger partial charge in [-0.05, 0) is 30.7 Å². The number of halogens is 1. The number of amides is 2. The number of carbonyl (C=O) groups is 2. The molecule has 0 unspecified atom stereocenters. The van der Waals surface area contributed by atoms with Crippen LogP contribution in [0.15, 0.2) is 59.0 Å². The van der Waals surface area contributed by atoms with Crippen LogP contribution in [0.25, 0.3) is 21.3 Å². The van der Waals surface area contributed by atoms with E-state index < -0.39 is 11.7 Å². The predicted molar refractivity (Wildman–Crippen MR) is 128 cm³/mol. The van der Waals surface area contributed by atoms with Crippen molar-refractivity contribution in [3.8, 4) is 11.1 Å². The van der Waals surface area contributed by atoms with Gasteiger partial charge in [-0.25, -0.2) is 9.37 Å².